The second kappa shape index (κ2) is 18.2. The van der Waals surface area contributed by atoms with Crippen molar-refractivity contribution in [1.29, 1.82) is 0 Å². The minimum atomic E-state index is -0.174. The number of fused-ring (bicyclic) bond motifs is 6. The molecule has 76 heavy (non-hydrogen) atoms. The molecule has 6 heteroatoms. The van der Waals surface area contributed by atoms with Crippen LogP contribution in [0.4, 0.5) is 0 Å². The van der Waals surface area contributed by atoms with E-state index in [0.29, 0.717) is 23.3 Å². The number of hydrogen-bond acceptors (Lipinski definition) is 6. The molecule has 0 radical (unpaired) electrons. The maximum Gasteiger partial charge on any atom is 0.164 e. The Hall–Kier alpha value is -9.91. The molecule has 10 aromatic carbocycles. The second-order valence-electron chi connectivity index (χ2n) is 20.0. The summed E-state index contributed by atoms with van der Waals surface area (Å²) in [5.74, 6) is 2.50. The van der Waals surface area contributed by atoms with Crippen molar-refractivity contribution in [3.8, 4) is 113 Å². The van der Waals surface area contributed by atoms with E-state index in [1.165, 1.54) is 22.3 Å². The van der Waals surface area contributed by atoms with Crippen molar-refractivity contribution in [1.82, 2.24) is 24.9 Å². The van der Waals surface area contributed by atoms with Crippen molar-refractivity contribution in [2.45, 2.75) is 19.3 Å². The summed E-state index contributed by atoms with van der Waals surface area (Å²) < 4.78 is 6.41. The normalized spacial score (nSPS) is 12.4. The lowest BCUT2D eigenvalue weighted by Crippen LogP contribution is -2.14. The predicted molar refractivity (Wildman–Crippen MR) is 309 cm³/mol. The third-order valence-electron chi connectivity index (χ3n) is 15.0. The summed E-state index contributed by atoms with van der Waals surface area (Å²) in [4.78, 5) is 26.3. The van der Waals surface area contributed by atoms with Crippen LogP contribution in [0.3, 0.4) is 0 Å². The van der Waals surface area contributed by atoms with Gasteiger partial charge in [-0.25, -0.2) is 24.9 Å². The second-order valence-corrected chi connectivity index (χ2v) is 20.0. The molecule has 14 rings (SSSR count). The van der Waals surface area contributed by atoms with E-state index in [1.54, 1.807) is 0 Å². The fourth-order valence-corrected chi connectivity index (χ4v) is 11.1. The van der Waals surface area contributed by atoms with Crippen molar-refractivity contribution >= 4 is 21.9 Å². The van der Waals surface area contributed by atoms with Crippen LogP contribution in [0.5, 0.6) is 0 Å². The molecule has 0 N–H and O–H groups in total. The molecule has 0 saturated heterocycles. The molecule has 0 spiro atoms. The third kappa shape index (κ3) is 7.87. The minimum Gasteiger partial charge on any atom is -0.455 e. The monoisotopic (exact) mass is 973 g/mol. The fourth-order valence-electron chi connectivity index (χ4n) is 11.1. The van der Waals surface area contributed by atoms with Gasteiger partial charge in [-0.05, 0) is 74.3 Å². The molecule has 1 aliphatic rings. The fraction of sp³-hybridized carbons (Fsp3) is 0.0429. The van der Waals surface area contributed by atoms with E-state index in [2.05, 4.69) is 226 Å². The van der Waals surface area contributed by atoms with Gasteiger partial charge in [0.2, 0.25) is 0 Å². The average Bonchev–Trinajstić information content (AvgIpc) is 4.09. The highest BCUT2D eigenvalue weighted by molar-refractivity contribution is 6.09. The first-order chi connectivity index (χ1) is 37.4. The van der Waals surface area contributed by atoms with Crippen LogP contribution < -0.4 is 0 Å². The van der Waals surface area contributed by atoms with E-state index >= 15 is 0 Å². The topological polar surface area (TPSA) is 77.6 Å². The molecule has 13 aromatic rings. The molecule has 3 aromatic heterocycles. The highest BCUT2D eigenvalue weighted by Crippen LogP contribution is 2.52. The Morgan fingerprint density at radius 2 is 0.750 bits per heavy atom. The molecule has 0 bridgehead atoms. The summed E-state index contributed by atoms with van der Waals surface area (Å²) in [6.45, 7) is 4.60. The average molecular weight is 974 g/mol. The lowest BCUT2D eigenvalue weighted by Gasteiger charge is -2.21. The molecule has 6 nitrogen and oxygen atoms in total. The van der Waals surface area contributed by atoms with Gasteiger partial charge in [0.25, 0.3) is 0 Å². The lowest BCUT2D eigenvalue weighted by atomic mass is 9.82. The molecular weight excluding hydrogens is 927 g/mol. The van der Waals surface area contributed by atoms with Gasteiger partial charge in [0.15, 0.2) is 23.3 Å². The van der Waals surface area contributed by atoms with Crippen LogP contribution in [0.1, 0.15) is 25.0 Å². The molecule has 0 unspecified atom stereocenters. The molecule has 0 saturated carbocycles. The van der Waals surface area contributed by atoms with Crippen LogP contribution in [0.2, 0.25) is 0 Å². The van der Waals surface area contributed by atoms with Gasteiger partial charge < -0.3 is 4.42 Å². The van der Waals surface area contributed by atoms with Crippen LogP contribution in [0.15, 0.2) is 253 Å². The van der Waals surface area contributed by atoms with E-state index in [0.717, 1.165) is 100 Å². The maximum absolute atomic E-state index is 6.41. The van der Waals surface area contributed by atoms with Gasteiger partial charge in [-0.2, -0.15) is 0 Å². The molecule has 358 valence electrons. The number of para-hydroxylation sites is 2. The zero-order valence-electron chi connectivity index (χ0n) is 41.8. The minimum absolute atomic E-state index is 0.174. The van der Waals surface area contributed by atoms with Gasteiger partial charge in [0, 0.05) is 55.1 Å². The van der Waals surface area contributed by atoms with Crippen molar-refractivity contribution in [2.24, 2.45) is 0 Å². The van der Waals surface area contributed by atoms with Gasteiger partial charge in [-0.1, -0.05) is 238 Å². The highest BCUT2D eigenvalue weighted by Gasteiger charge is 2.37. The molecule has 1 aliphatic carbocycles. The van der Waals surface area contributed by atoms with Crippen LogP contribution in [-0.2, 0) is 5.41 Å². The summed E-state index contributed by atoms with van der Waals surface area (Å²) in [6.07, 6.45) is 0. The zero-order chi connectivity index (χ0) is 50.7. The molecule has 0 amide bonds. The van der Waals surface area contributed by atoms with Crippen molar-refractivity contribution < 1.29 is 4.42 Å². The zero-order valence-corrected chi connectivity index (χ0v) is 41.8. The highest BCUT2D eigenvalue weighted by atomic mass is 16.3. The summed E-state index contributed by atoms with van der Waals surface area (Å²) in [5, 5.41) is 2.22. The molecular formula is C70H47N5O. The third-order valence-corrected chi connectivity index (χ3v) is 15.0. The SMILES string of the molecule is CC1(C)c2ccccc2-c2c(-c3nc(-c4ccc(-c5ccccc5)cc4)nc(-c4cccc(-c5cccc(-c6cc(-c7ccc(-c8cccc9c8oc8ccccc89)cc7)nc(-c7ccccc7)n6)c5)c4)n3)cccc21. The smallest absolute Gasteiger partial charge is 0.164 e. The summed E-state index contributed by atoms with van der Waals surface area (Å²) in [5.41, 5.74) is 20.4. The van der Waals surface area contributed by atoms with Gasteiger partial charge in [-0.15, -0.1) is 0 Å². The first kappa shape index (κ1) is 44.8. The Balaban J connectivity index is 0.847. The number of hydrogen-bond donors (Lipinski definition) is 0. The lowest BCUT2D eigenvalue weighted by molar-refractivity contribution is 0.660. The predicted octanol–water partition coefficient (Wildman–Crippen LogP) is 17.9. The first-order valence-corrected chi connectivity index (χ1v) is 25.7. The first-order valence-electron chi connectivity index (χ1n) is 25.7. The van der Waals surface area contributed by atoms with Gasteiger partial charge >= 0.3 is 0 Å². The van der Waals surface area contributed by atoms with Crippen LogP contribution in [-0.4, -0.2) is 24.9 Å². The molecule has 0 fully saturated rings. The van der Waals surface area contributed by atoms with Crippen LogP contribution >= 0.6 is 0 Å². The van der Waals surface area contributed by atoms with Gasteiger partial charge in [0.05, 0.1) is 11.4 Å². The maximum atomic E-state index is 6.41. The van der Waals surface area contributed by atoms with Crippen molar-refractivity contribution in [2.75, 3.05) is 0 Å². The van der Waals surface area contributed by atoms with Gasteiger partial charge in [0.1, 0.15) is 11.2 Å². The van der Waals surface area contributed by atoms with Crippen LogP contribution in [0, 0.1) is 0 Å². The Bertz CT molecular complexity index is 4350. The summed E-state index contributed by atoms with van der Waals surface area (Å²) >= 11 is 0. The molecule has 3 heterocycles. The van der Waals surface area contributed by atoms with E-state index in [-0.39, 0.29) is 5.41 Å². The Morgan fingerprint density at radius 3 is 1.53 bits per heavy atom. The molecule has 0 aliphatic heterocycles. The number of rotatable bonds is 9. The standard InChI is InChI=1S/C70H47N5O/c1-70(2)59-30-11-9-26-57(59)64-58(29-16-31-60(64)70)69-74-67(49-39-33-45(34-40-49)44-17-5-3-6-18-44)73-68(75-69)53-24-14-22-51(42-53)50-21-13-23-52(41-50)62-43-61(71-66(72-62)48-19-7-4-8-20-48)47-37-35-46(36-38-47)54-27-15-28-56-55-25-10-12-32-63(55)76-65(54)56/h3-43H,1-2H3. The number of furan rings is 1. The van der Waals surface area contributed by atoms with E-state index < -0.39 is 0 Å². The Labute approximate surface area is 440 Å². The Morgan fingerprint density at radius 1 is 0.289 bits per heavy atom. The van der Waals surface area contributed by atoms with Crippen molar-refractivity contribution in [3.05, 3.63) is 260 Å². The van der Waals surface area contributed by atoms with Crippen molar-refractivity contribution in [3.63, 3.8) is 0 Å². The Kier molecular flexibility index (Phi) is 10.7. The quantitative estimate of drug-likeness (QED) is 0.143. The number of nitrogens with zero attached hydrogens (tertiary/aromatic N) is 5. The summed E-state index contributed by atoms with van der Waals surface area (Å²) in [6, 6.07) is 86.7. The van der Waals surface area contributed by atoms with E-state index in [9.17, 15) is 0 Å². The van der Waals surface area contributed by atoms with E-state index in [1.807, 2.05) is 36.4 Å². The van der Waals surface area contributed by atoms with Gasteiger partial charge in [-0.3, -0.25) is 0 Å². The molecule has 0 atom stereocenters. The number of aromatic nitrogens is 5. The van der Waals surface area contributed by atoms with Crippen LogP contribution in [0.25, 0.3) is 135 Å². The summed E-state index contributed by atoms with van der Waals surface area (Å²) in [7, 11) is 0. The largest absolute Gasteiger partial charge is 0.455 e. The number of benzene rings is 10. The van der Waals surface area contributed by atoms with E-state index in [4.69, 9.17) is 29.3 Å².